The first-order valence-corrected chi connectivity index (χ1v) is 11.0. The van der Waals surface area contributed by atoms with E-state index in [1.165, 1.54) is 6.07 Å². The number of para-hydroxylation sites is 1. The molecule has 4 aromatic rings. The van der Waals surface area contributed by atoms with E-state index in [1.54, 1.807) is 18.3 Å². The Morgan fingerprint density at radius 3 is 2.38 bits per heavy atom. The van der Waals surface area contributed by atoms with Gasteiger partial charge in [-0.15, -0.1) is 0 Å². The van der Waals surface area contributed by atoms with Gasteiger partial charge >= 0.3 is 0 Å². The van der Waals surface area contributed by atoms with Crippen molar-refractivity contribution in [3.63, 3.8) is 0 Å². The number of hydrogen-bond donors (Lipinski definition) is 1. The van der Waals surface area contributed by atoms with Crippen molar-refractivity contribution in [1.82, 2.24) is 14.9 Å². The predicted octanol–water partition coefficient (Wildman–Crippen LogP) is 5.81. The van der Waals surface area contributed by atoms with Gasteiger partial charge in [-0.25, -0.2) is 4.39 Å². The van der Waals surface area contributed by atoms with Crippen LogP contribution in [0.3, 0.4) is 0 Å². The van der Waals surface area contributed by atoms with Gasteiger partial charge in [-0.05, 0) is 80.2 Å². The van der Waals surface area contributed by atoms with Crippen molar-refractivity contribution >= 4 is 23.0 Å². The molecule has 5 rings (SSSR count). The summed E-state index contributed by atoms with van der Waals surface area (Å²) in [6.45, 7) is 4.12. The molecule has 1 saturated heterocycles. The maximum Gasteiger partial charge on any atom is 0.174 e. The van der Waals surface area contributed by atoms with Gasteiger partial charge in [0.15, 0.2) is 5.11 Å². The van der Waals surface area contributed by atoms with Crippen LogP contribution in [0.4, 0.5) is 10.1 Å². The van der Waals surface area contributed by atoms with Crippen molar-refractivity contribution < 1.29 is 4.39 Å². The summed E-state index contributed by atoms with van der Waals surface area (Å²) >= 11 is 5.80. The van der Waals surface area contributed by atoms with E-state index in [1.807, 2.05) is 49.4 Å². The monoisotopic (exact) mass is 442 g/mol. The molecule has 32 heavy (non-hydrogen) atoms. The fraction of sp³-hybridized carbons (Fsp3) is 0.154. The molecular formula is C26H23FN4S. The first-order valence-electron chi connectivity index (χ1n) is 10.5. The van der Waals surface area contributed by atoms with Crippen LogP contribution in [0.15, 0.2) is 85.1 Å². The highest BCUT2D eigenvalue weighted by Gasteiger charge is 2.42. The smallest absolute Gasteiger partial charge is 0.174 e. The molecule has 1 N–H and O–H groups in total. The van der Waals surface area contributed by atoms with E-state index >= 15 is 0 Å². The Morgan fingerprint density at radius 2 is 1.66 bits per heavy atom. The molecule has 160 valence electrons. The van der Waals surface area contributed by atoms with Crippen molar-refractivity contribution in [1.29, 1.82) is 0 Å². The lowest BCUT2D eigenvalue weighted by Gasteiger charge is -2.28. The van der Waals surface area contributed by atoms with Crippen molar-refractivity contribution in [2.45, 2.75) is 25.9 Å². The number of benzene rings is 2. The Bertz CT molecular complexity index is 1270. The largest absolute Gasteiger partial charge is 0.351 e. The molecular weight excluding hydrogens is 419 g/mol. The summed E-state index contributed by atoms with van der Waals surface area (Å²) in [6, 6.07) is 24.7. The van der Waals surface area contributed by atoms with Gasteiger partial charge < -0.3 is 14.8 Å². The lowest BCUT2D eigenvalue weighted by Crippen LogP contribution is -2.29. The molecule has 2 aromatic carbocycles. The van der Waals surface area contributed by atoms with Gasteiger partial charge in [-0.2, -0.15) is 0 Å². The van der Waals surface area contributed by atoms with E-state index in [0.717, 1.165) is 34.0 Å². The third kappa shape index (κ3) is 3.46. The number of thiocarbonyl (C=S) groups is 1. The summed E-state index contributed by atoms with van der Waals surface area (Å²) < 4.78 is 16.1. The third-order valence-electron chi connectivity index (χ3n) is 5.99. The van der Waals surface area contributed by atoms with Crippen LogP contribution < -0.4 is 10.2 Å². The average Bonchev–Trinajstić information content (AvgIpc) is 3.30. The molecule has 0 amide bonds. The lowest BCUT2D eigenvalue weighted by atomic mass is 9.96. The lowest BCUT2D eigenvalue weighted by molar-refractivity contribution is 0.565. The van der Waals surface area contributed by atoms with E-state index in [0.29, 0.717) is 5.11 Å². The Hall–Kier alpha value is -3.51. The fourth-order valence-corrected chi connectivity index (χ4v) is 4.98. The van der Waals surface area contributed by atoms with Crippen molar-refractivity contribution in [3.05, 3.63) is 114 Å². The summed E-state index contributed by atoms with van der Waals surface area (Å²) in [5.41, 5.74) is 5.96. The highest BCUT2D eigenvalue weighted by molar-refractivity contribution is 7.80. The molecule has 0 spiro atoms. The van der Waals surface area contributed by atoms with Crippen LogP contribution in [0.5, 0.6) is 0 Å². The summed E-state index contributed by atoms with van der Waals surface area (Å²) in [5, 5.41) is 4.16. The Morgan fingerprint density at radius 1 is 0.906 bits per heavy atom. The van der Waals surface area contributed by atoms with Gasteiger partial charge in [0.2, 0.25) is 0 Å². The number of rotatable bonds is 4. The molecule has 1 aliphatic heterocycles. The summed E-state index contributed by atoms with van der Waals surface area (Å²) in [5.74, 6) is -0.252. The average molecular weight is 443 g/mol. The zero-order valence-corrected chi connectivity index (χ0v) is 18.7. The number of nitrogens with one attached hydrogen (secondary N) is 1. The SMILES string of the molecule is Cc1cc([C@H]2[C@@H](c3ccccn3)NC(=S)N2c2ccccc2)c(C)n1-c1cccc(F)c1. The number of nitrogens with zero attached hydrogens (tertiary/aromatic N) is 3. The number of aromatic nitrogens is 2. The fourth-order valence-electron chi connectivity index (χ4n) is 4.64. The molecule has 0 unspecified atom stereocenters. The van der Waals surface area contributed by atoms with Gasteiger partial charge in [0.1, 0.15) is 5.82 Å². The zero-order chi connectivity index (χ0) is 22.2. The zero-order valence-electron chi connectivity index (χ0n) is 17.9. The first-order chi connectivity index (χ1) is 15.5. The molecule has 2 atom stereocenters. The van der Waals surface area contributed by atoms with Gasteiger partial charge in [-0.1, -0.05) is 30.3 Å². The van der Waals surface area contributed by atoms with Crippen LogP contribution in [0.1, 0.15) is 34.7 Å². The Balaban J connectivity index is 1.68. The second-order valence-corrected chi connectivity index (χ2v) is 8.36. The molecule has 0 radical (unpaired) electrons. The quantitative estimate of drug-likeness (QED) is 0.405. The highest BCUT2D eigenvalue weighted by Crippen LogP contribution is 2.43. The van der Waals surface area contributed by atoms with E-state index in [2.05, 4.69) is 44.9 Å². The Kier molecular flexibility index (Phi) is 5.23. The van der Waals surface area contributed by atoms with Gasteiger partial charge in [0, 0.05) is 29.0 Å². The van der Waals surface area contributed by atoms with Crippen LogP contribution >= 0.6 is 12.2 Å². The highest BCUT2D eigenvalue weighted by atomic mass is 32.1. The minimum Gasteiger partial charge on any atom is -0.351 e. The third-order valence-corrected chi connectivity index (χ3v) is 6.30. The molecule has 0 saturated carbocycles. The van der Waals surface area contributed by atoms with Crippen molar-refractivity contribution in [3.8, 4) is 5.69 Å². The van der Waals surface area contributed by atoms with Crippen molar-refractivity contribution in [2.75, 3.05) is 4.90 Å². The number of halogens is 1. The topological polar surface area (TPSA) is 33.1 Å². The summed E-state index contributed by atoms with van der Waals surface area (Å²) in [7, 11) is 0. The van der Waals surface area contributed by atoms with E-state index in [-0.39, 0.29) is 17.9 Å². The van der Waals surface area contributed by atoms with Crippen LogP contribution in [0.2, 0.25) is 0 Å². The minimum atomic E-state index is -0.252. The van der Waals surface area contributed by atoms with Gasteiger partial charge in [-0.3, -0.25) is 4.98 Å². The number of hydrogen-bond acceptors (Lipinski definition) is 2. The maximum absolute atomic E-state index is 14.0. The molecule has 0 bridgehead atoms. The molecule has 1 aliphatic rings. The van der Waals surface area contributed by atoms with Crippen LogP contribution in [-0.4, -0.2) is 14.7 Å². The number of pyridine rings is 1. The van der Waals surface area contributed by atoms with Crippen molar-refractivity contribution in [2.24, 2.45) is 0 Å². The van der Waals surface area contributed by atoms with Crippen LogP contribution in [0, 0.1) is 19.7 Å². The van der Waals surface area contributed by atoms with E-state index < -0.39 is 0 Å². The Labute approximate surface area is 192 Å². The molecule has 2 aromatic heterocycles. The van der Waals surface area contributed by atoms with Gasteiger partial charge in [0.05, 0.1) is 17.8 Å². The molecule has 4 nitrogen and oxygen atoms in total. The van der Waals surface area contributed by atoms with E-state index in [4.69, 9.17) is 12.2 Å². The number of anilines is 1. The molecule has 3 heterocycles. The van der Waals surface area contributed by atoms with Gasteiger partial charge in [0.25, 0.3) is 0 Å². The molecule has 6 heteroatoms. The second-order valence-electron chi connectivity index (χ2n) is 7.97. The van der Waals surface area contributed by atoms with Crippen LogP contribution in [0.25, 0.3) is 5.69 Å². The van der Waals surface area contributed by atoms with Crippen LogP contribution in [-0.2, 0) is 0 Å². The number of aryl methyl sites for hydroxylation is 1. The first kappa shape index (κ1) is 20.4. The second kappa shape index (κ2) is 8.20. The maximum atomic E-state index is 14.0. The predicted molar refractivity (Wildman–Crippen MR) is 130 cm³/mol. The summed E-state index contributed by atoms with van der Waals surface area (Å²) in [4.78, 5) is 6.78. The molecule has 1 fully saturated rings. The van der Waals surface area contributed by atoms with E-state index in [9.17, 15) is 4.39 Å². The summed E-state index contributed by atoms with van der Waals surface area (Å²) in [6.07, 6.45) is 1.80. The normalized spacial score (nSPS) is 18.1. The molecule has 0 aliphatic carbocycles. The standard InChI is InChI=1S/C26H23FN4S/c1-17-15-22(18(2)30(17)21-12-8-9-19(27)16-21)25-24(23-13-6-7-14-28-23)29-26(32)31(25)20-10-4-3-5-11-20/h3-16,24-25H,1-2H3,(H,29,32)/t24-,25+/m1/s1. The minimum absolute atomic E-state index is 0.103.